The van der Waals surface area contributed by atoms with E-state index in [1.807, 2.05) is 4.68 Å². The third-order valence-corrected chi connectivity index (χ3v) is 2.30. The van der Waals surface area contributed by atoms with E-state index in [1.54, 1.807) is 6.20 Å². The van der Waals surface area contributed by atoms with Crippen LogP contribution in [0.5, 0.6) is 5.88 Å². The lowest BCUT2D eigenvalue weighted by molar-refractivity contribution is 0.301. The zero-order valence-corrected chi connectivity index (χ0v) is 7.67. The summed E-state index contributed by atoms with van der Waals surface area (Å²) in [6, 6.07) is 0. The third kappa shape index (κ3) is 1.27. The topological polar surface area (TPSA) is 27.1 Å². The number of rotatable bonds is 0. The van der Waals surface area contributed by atoms with Gasteiger partial charge in [0.25, 0.3) is 0 Å². The number of halogens is 1. The van der Waals surface area contributed by atoms with Crippen LogP contribution in [0, 0.1) is 0 Å². The number of ether oxygens (including phenoxy) is 1. The molecule has 0 saturated heterocycles. The lowest BCUT2D eigenvalue weighted by atomic mass is 10.3. The Morgan fingerprint density at radius 3 is 3.36 bits per heavy atom. The molecule has 0 N–H and O–H groups in total. The standard InChI is InChI=1S/C7H9BrN2O/c8-6-5-9-10-3-1-2-4-11-7(6)10/h5H,1-4H2. The second-order valence-corrected chi connectivity index (χ2v) is 3.43. The first kappa shape index (κ1) is 7.16. The Kier molecular flexibility index (Phi) is 1.85. The van der Waals surface area contributed by atoms with Gasteiger partial charge in [-0.1, -0.05) is 0 Å². The van der Waals surface area contributed by atoms with E-state index in [0.29, 0.717) is 0 Å². The van der Waals surface area contributed by atoms with Crippen LogP contribution in [-0.2, 0) is 6.54 Å². The number of hydrogen-bond donors (Lipinski definition) is 0. The van der Waals surface area contributed by atoms with Crippen LogP contribution in [0.2, 0.25) is 0 Å². The molecule has 60 valence electrons. The van der Waals surface area contributed by atoms with Gasteiger partial charge in [-0.05, 0) is 28.8 Å². The summed E-state index contributed by atoms with van der Waals surface area (Å²) >= 11 is 3.38. The third-order valence-electron chi connectivity index (χ3n) is 1.75. The van der Waals surface area contributed by atoms with Gasteiger partial charge in [-0.2, -0.15) is 5.10 Å². The first-order chi connectivity index (χ1) is 5.38. The van der Waals surface area contributed by atoms with Crippen molar-refractivity contribution in [1.82, 2.24) is 9.78 Å². The van der Waals surface area contributed by atoms with Crippen molar-refractivity contribution < 1.29 is 4.74 Å². The van der Waals surface area contributed by atoms with Crippen LogP contribution in [0.25, 0.3) is 0 Å². The highest BCUT2D eigenvalue weighted by Crippen LogP contribution is 2.26. The molecule has 0 spiro atoms. The van der Waals surface area contributed by atoms with Crippen LogP contribution < -0.4 is 4.74 Å². The number of aryl methyl sites for hydroxylation is 1. The molecule has 1 aromatic heterocycles. The number of fused-ring (bicyclic) bond motifs is 1. The van der Waals surface area contributed by atoms with Gasteiger partial charge in [0, 0.05) is 6.54 Å². The molecule has 11 heavy (non-hydrogen) atoms. The Hall–Kier alpha value is -0.510. The van der Waals surface area contributed by atoms with Gasteiger partial charge < -0.3 is 4.74 Å². The highest BCUT2D eigenvalue weighted by molar-refractivity contribution is 9.10. The van der Waals surface area contributed by atoms with E-state index < -0.39 is 0 Å². The molecule has 1 aliphatic rings. The SMILES string of the molecule is Brc1cnn2c1OCCCC2. The quantitative estimate of drug-likeness (QED) is 0.662. The van der Waals surface area contributed by atoms with Gasteiger partial charge in [-0.15, -0.1) is 0 Å². The van der Waals surface area contributed by atoms with Crippen LogP contribution in [0.1, 0.15) is 12.8 Å². The van der Waals surface area contributed by atoms with E-state index in [-0.39, 0.29) is 0 Å². The zero-order chi connectivity index (χ0) is 7.68. The van der Waals surface area contributed by atoms with Crippen molar-refractivity contribution in [3.8, 4) is 5.88 Å². The Morgan fingerprint density at radius 2 is 2.45 bits per heavy atom. The summed E-state index contributed by atoms with van der Waals surface area (Å²) in [6.45, 7) is 1.78. The van der Waals surface area contributed by atoms with Crippen LogP contribution >= 0.6 is 15.9 Å². The van der Waals surface area contributed by atoms with E-state index in [9.17, 15) is 0 Å². The molecule has 0 aliphatic carbocycles. The Morgan fingerprint density at radius 1 is 1.55 bits per heavy atom. The molecule has 2 heterocycles. The Bertz CT molecular complexity index is 259. The highest BCUT2D eigenvalue weighted by Gasteiger charge is 2.12. The normalized spacial score (nSPS) is 16.8. The zero-order valence-electron chi connectivity index (χ0n) is 6.09. The van der Waals surface area contributed by atoms with E-state index >= 15 is 0 Å². The molecule has 0 atom stereocenters. The maximum Gasteiger partial charge on any atom is 0.226 e. The predicted molar refractivity (Wildman–Crippen MR) is 44.7 cm³/mol. The number of nitrogens with zero attached hydrogens (tertiary/aromatic N) is 2. The smallest absolute Gasteiger partial charge is 0.226 e. The van der Waals surface area contributed by atoms with Gasteiger partial charge in [-0.25, -0.2) is 4.68 Å². The van der Waals surface area contributed by atoms with Crippen molar-refractivity contribution >= 4 is 15.9 Å². The lowest BCUT2D eigenvalue weighted by Crippen LogP contribution is -1.99. The van der Waals surface area contributed by atoms with Crippen molar-refractivity contribution in [2.75, 3.05) is 6.61 Å². The van der Waals surface area contributed by atoms with Gasteiger partial charge in [0.2, 0.25) is 5.88 Å². The Balaban J connectivity index is 2.35. The summed E-state index contributed by atoms with van der Waals surface area (Å²) < 4.78 is 8.33. The lowest BCUT2D eigenvalue weighted by Gasteiger charge is -2.01. The molecular formula is C7H9BrN2O. The van der Waals surface area contributed by atoms with Crippen molar-refractivity contribution in [3.63, 3.8) is 0 Å². The largest absolute Gasteiger partial charge is 0.477 e. The van der Waals surface area contributed by atoms with E-state index in [0.717, 1.165) is 36.3 Å². The summed E-state index contributed by atoms with van der Waals surface area (Å²) in [7, 11) is 0. The molecule has 0 amide bonds. The van der Waals surface area contributed by atoms with Crippen LogP contribution in [-0.4, -0.2) is 16.4 Å². The fourth-order valence-electron chi connectivity index (χ4n) is 1.19. The van der Waals surface area contributed by atoms with Crippen molar-refractivity contribution in [1.29, 1.82) is 0 Å². The first-order valence-electron chi connectivity index (χ1n) is 3.72. The Labute approximate surface area is 73.5 Å². The predicted octanol–water partition coefficient (Wildman–Crippen LogP) is 1.82. The average molecular weight is 217 g/mol. The second-order valence-electron chi connectivity index (χ2n) is 2.58. The molecule has 3 nitrogen and oxygen atoms in total. The molecule has 0 radical (unpaired) electrons. The maximum atomic E-state index is 5.47. The average Bonchev–Trinajstić information content (AvgIpc) is 2.25. The van der Waals surface area contributed by atoms with Gasteiger partial charge in [0.15, 0.2) is 0 Å². The molecule has 0 fully saturated rings. The van der Waals surface area contributed by atoms with E-state index in [2.05, 4.69) is 21.0 Å². The van der Waals surface area contributed by atoms with Gasteiger partial charge >= 0.3 is 0 Å². The molecular weight excluding hydrogens is 208 g/mol. The van der Waals surface area contributed by atoms with Gasteiger partial charge in [0.05, 0.1) is 17.3 Å². The fourth-order valence-corrected chi connectivity index (χ4v) is 1.60. The molecule has 0 bridgehead atoms. The minimum atomic E-state index is 0.810. The summed E-state index contributed by atoms with van der Waals surface area (Å²) in [5.41, 5.74) is 0. The maximum absolute atomic E-state index is 5.47. The van der Waals surface area contributed by atoms with Gasteiger partial charge in [-0.3, -0.25) is 0 Å². The highest BCUT2D eigenvalue weighted by atomic mass is 79.9. The molecule has 0 aromatic carbocycles. The van der Waals surface area contributed by atoms with Crippen molar-refractivity contribution in [2.45, 2.75) is 19.4 Å². The minimum absolute atomic E-state index is 0.810. The minimum Gasteiger partial charge on any atom is -0.477 e. The number of aromatic nitrogens is 2. The van der Waals surface area contributed by atoms with Crippen molar-refractivity contribution in [3.05, 3.63) is 10.7 Å². The summed E-state index contributed by atoms with van der Waals surface area (Å²) in [5, 5.41) is 4.16. The molecule has 4 heteroatoms. The second kappa shape index (κ2) is 2.85. The monoisotopic (exact) mass is 216 g/mol. The first-order valence-corrected chi connectivity index (χ1v) is 4.51. The van der Waals surface area contributed by atoms with E-state index in [4.69, 9.17) is 4.74 Å². The van der Waals surface area contributed by atoms with Crippen LogP contribution in [0.3, 0.4) is 0 Å². The van der Waals surface area contributed by atoms with Crippen molar-refractivity contribution in [2.24, 2.45) is 0 Å². The molecule has 2 rings (SSSR count). The molecule has 1 aromatic rings. The summed E-state index contributed by atoms with van der Waals surface area (Å²) in [5.74, 6) is 0.877. The summed E-state index contributed by atoms with van der Waals surface area (Å²) in [4.78, 5) is 0. The molecule has 1 aliphatic heterocycles. The fraction of sp³-hybridized carbons (Fsp3) is 0.571. The summed E-state index contributed by atoms with van der Waals surface area (Å²) in [6.07, 6.45) is 4.05. The number of hydrogen-bond acceptors (Lipinski definition) is 2. The molecule has 0 unspecified atom stereocenters. The van der Waals surface area contributed by atoms with Crippen LogP contribution in [0.15, 0.2) is 10.7 Å². The van der Waals surface area contributed by atoms with Gasteiger partial charge in [0.1, 0.15) is 0 Å². The van der Waals surface area contributed by atoms with Crippen LogP contribution in [0.4, 0.5) is 0 Å². The molecule has 0 saturated carbocycles. The van der Waals surface area contributed by atoms with E-state index in [1.165, 1.54) is 0 Å².